The summed E-state index contributed by atoms with van der Waals surface area (Å²) in [5.74, 6) is 0.148. The van der Waals surface area contributed by atoms with Gasteiger partial charge in [0, 0.05) is 11.8 Å². The van der Waals surface area contributed by atoms with E-state index in [-0.39, 0.29) is 5.75 Å². The number of fused-ring (bicyclic) bond motifs is 1. The minimum Gasteiger partial charge on any atom is -0.484 e. The largest absolute Gasteiger partial charge is 0.484 e. The van der Waals surface area contributed by atoms with E-state index in [1.807, 2.05) is 0 Å². The van der Waals surface area contributed by atoms with Crippen LogP contribution in [0.3, 0.4) is 0 Å². The highest BCUT2D eigenvalue weighted by atomic mass is 19.4. The van der Waals surface area contributed by atoms with Crippen LogP contribution in [0.1, 0.15) is 0 Å². The molecule has 6 heteroatoms. The molecule has 0 saturated heterocycles. The second-order valence-electron chi connectivity index (χ2n) is 4.43. The van der Waals surface area contributed by atoms with Crippen LogP contribution in [0, 0.1) is 0 Å². The predicted octanol–water partition coefficient (Wildman–Crippen LogP) is 4.44. The lowest BCUT2D eigenvalue weighted by molar-refractivity contribution is -0.153. The van der Waals surface area contributed by atoms with Gasteiger partial charge >= 0.3 is 6.18 Å². The highest BCUT2D eigenvalue weighted by Gasteiger charge is 2.28. The maximum absolute atomic E-state index is 12.2. The third kappa shape index (κ3) is 2.99. The van der Waals surface area contributed by atoms with Gasteiger partial charge in [-0.2, -0.15) is 13.2 Å². The van der Waals surface area contributed by atoms with E-state index in [4.69, 9.17) is 9.15 Å². The van der Waals surface area contributed by atoms with Crippen molar-refractivity contribution in [3.05, 3.63) is 48.9 Å². The molecule has 0 fully saturated rings. The van der Waals surface area contributed by atoms with Crippen molar-refractivity contribution >= 4 is 11.1 Å². The molecule has 0 saturated carbocycles. The van der Waals surface area contributed by atoms with E-state index >= 15 is 0 Å². The number of alkyl halides is 3. The van der Waals surface area contributed by atoms with Crippen molar-refractivity contribution < 1.29 is 22.3 Å². The molecule has 0 spiro atoms. The molecule has 1 aromatic carbocycles. The van der Waals surface area contributed by atoms with Gasteiger partial charge in [-0.1, -0.05) is 12.1 Å². The number of halogens is 3. The molecule has 0 aliphatic rings. The van der Waals surface area contributed by atoms with Crippen LogP contribution in [0.4, 0.5) is 13.2 Å². The molecule has 0 aliphatic heterocycles. The second-order valence-corrected chi connectivity index (χ2v) is 4.43. The maximum atomic E-state index is 12.2. The zero-order chi connectivity index (χ0) is 14.9. The molecular weight excluding hydrogens is 283 g/mol. The summed E-state index contributed by atoms with van der Waals surface area (Å²) in [4.78, 5) is 4.22. The van der Waals surface area contributed by atoms with Gasteiger partial charge in [0.2, 0.25) is 0 Å². The SMILES string of the molecule is FC(F)(F)COc1cccc(-c2coc3cccnc23)c1. The first-order valence-electron chi connectivity index (χ1n) is 6.15. The summed E-state index contributed by atoms with van der Waals surface area (Å²) in [6, 6.07) is 9.92. The van der Waals surface area contributed by atoms with Crippen molar-refractivity contribution in [2.45, 2.75) is 6.18 Å². The minimum absolute atomic E-state index is 0.148. The van der Waals surface area contributed by atoms with Gasteiger partial charge < -0.3 is 9.15 Å². The first-order valence-corrected chi connectivity index (χ1v) is 6.15. The topological polar surface area (TPSA) is 35.3 Å². The van der Waals surface area contributed by atoms with Crippen LogP contribution in [-0.4, -0.2) is 17.8 Å². The summed E-state index contributed by atoms with van der Waals surface area (Å²) in [6.45, 7) is -1.32. The third-order valence-corrected chi connectivity index (χ3v) is 2.88. The smallest absolute Gasteiger partial charge is 0.422 e. The summed E-state index contributed by atoms with van der Waals surface area (Å²) in [6.07, 6.45) is -1.20. The van der Waals surface area contributed by atoms with E-state index in [0.717, 1.165) is 0 Å². The average molecular weight is 293 g/mol. The van der Waals surface area contributed by atoms with Crippen molar-refractivity contribution in [2.75, 3.05) is 6.61 Å². The minimum atomic E-state index is -4.36. The van der Waals surface area contributed by atoms with Gasteiger partial charge in [-0.05, 0) is 29.8 Å². The lowest BCUT2D eigenvalue weighted by Crippen LogP contribution is -2.19. The first kappa shape index (κ1) is 13.5. The van der Waals surface area contributed by atoms with E-state index in [9.17, 15) is 13.2 Å². The number of furan rings is 1. The van der Waals surface area contributed by atoms with E-state index in [2.05, 4.69) is 4.98 Å². The van der Waals surface area contributed by atoms with Crippen LogP contribution in [-0.2, 0) is 0 Å². The summed E-state index contributed by atoms with van der Waals surface area (Å²) in [7, 11) is 0. The number of benzene rings is 1. The van der Waals surface area contributed by atoms with E-state index in [1.165, 1.54) is 18.4 Å². The normalized spacial score (nSPS) is 11.8. The van der Waals surface area contributed by atoms with Crippen molar-refractivity contribution in [3.8, 4) is 16.9 Å². The Morgan fingerprint density at radius 3 is 2.81 bits per heavy atom. The molecule has 2 heterocycles. The van der Waals surface area contributed by atoms with Crippen LogP contribution >= 0.6 is 0 Å². The Bertz CT molecular complexity index is 765. The third-order valence-electron chi connectivity index (χ3n) is 2.88. The molecule has 3 rings (SSSR count). The van der Waals surface area contributed by atoms with Crippen LogP contribution in [0.25, 0.3) is 22.2 Å². The number of nitrogens with zero attached hydrogens (tertiary/aromatic N) is 1. The zero-order valence-corrected chi connectivity index (χ0v) is 10.7. The van der Waals surface area contributed by atoms with Gasteiger partial charge in [-0.3, -0.25) is 4.98 Å². The number of ether oxygens (including phenoxy) is 1. The Balaban J connectivity index is 1.92. The van der Waals surface area contributed by atoms with Crippen molar-refractivity contribution in [1.29, 1.82) is 0 Å². The van der Waals surface area contributed by atoms with Gasteiger partial charge in [0.05, 0.1) is 0 Å². The molecule has 21 heavy (non-hydrogen) atoms. The summed E-state index contributed by atoms with van der Waals surface area (Å²) >= 11 is 0. The molecular formula is C15H10F3NO2. The Morgan fingerprint density at radius 2 is 2.00 bits per heavy atom. The number of aromatic nitrogens is 1. The lowest BCUT2D eigenvalue weighted by Gasteiger charge is -2.09. The summed E-state index contributed by atoms with van der Waals surface area (Å²) < 4.78 is 46.6. The summed E-state index contributed by atoms with van der Waals surface area (Å²) in [5, 5.41) is 0. The quantitative estimate of drug-likeness (QED) is 0.716. The lowest BCUT2D eigenvalue weighted by atomic mass is 10.1. The highest BCUT2D eigenvalue weighted by molar-refractivity contribution is 5.90. The number of hydrogen-bond donors (Lipinski definition) is 0. The monoisotopic (exact) mass is 293 g/mol. The van der Waals surface area contributed by atoms with Crippen molar-refractivity contribution in [1.82, 2.24) is 4.98 Å². The average Bonchev–Trinajstić information content (AvgIpc) is 2.89. The maximum Gasteiger partial charge on any atom is 0.422 e. The van der Waals surface area contributed by atoms with Crippen LogP contribution < -0.4 is 4.74 Å². The van der Waals surface area contributed by atoms with Gasteiger partial charge in [0.15, 0.2) is 12.2 Å². The van der Waals surface area contributed by atoms with Gasteiger partial charge in [-0.25, -0.2) is 0 Å². The fourth-order valence-electron chi connectivity index (χ4n) is 1.99. The molecule has 2 aromatic heterocycles. The van der Waals surface area contributed by atoms with Gasteiger partial charge in [0.25, 0.3) is 0 Å². The molecule has 108 valence electrons. The van der Waals surface area contributed by atoms with Crippen molar-refractivity contribution in [2.24, 2.45) is 0 Å². The van der Waals surface area contributed by atoms with Crippen LogP contribution in [0.15, 0.2) is 53.3 Å². The molecule has 0 bridgehead atoms. The Labute approximate surface area is 118 Å². The second kappa shape index (κ2) is 5.12. The van der Waals surface area contributed by atoms with E-state index < -0.39 is 12.8 Å². The molecule has 0 radical (unpaired) electrons. The fraction of sp³-hybridized carbons (Fsp3) is 0.133. The Morgan fingerprint density at radius 1 is 1.14 bits per heavy atom. The molecule has 3 aromatic rings. The Kier molecular flexibility index (Phi) is 3.29. The molecule has 0 atom stereocenters. The molecule has 3 nitrogen and oxygen atoms in total. The highest BCUT2D eigenvalue weighted by Crippen LogP contribution is 2.31. The van der Waals surface area contributed by atoms with Crippen LogP contribution in [0.2, 0.25) is 0 Å². The Hall–Kier alpha value is -2.50. The van der Waals surface area contributed by atoms with E-state index in [1.54, 1.807) is 30.5 Å². The first-order chi connectivity index (χ1) is 10.0. The number of pyridine rings is 1. The van der Waals surface area contributed by atoms with Gasteiger partial charge in [0.1, 0.15) is 17.5 Å². The predicted molar refractivity (Wildman–Crippen MR) is 71.0 cm³/mol. The van der Waals surface area contributed by atoms with Crippen LogP contribution in [0.5, 0.6) is 5.75 Å². The molecule has 0 unspecified atom stereocenters. The number of rotatable bonds is 3. The summed E-state index contributed by atoms with van der Waals surface area (Å²) in [5.41, 5.74) is 2.68. The van der Waals surface area contributed by atoms with Crippen molar-refractivity contribution in [3.63, 3.8) is 0 Å². The fourth-order valence-corrected chi connectivity index (χ4v) is 1.99. The van der Waals surface area contributed by atoms with E-state index in [0.29, 0.717) is 22.2 Å². The molecule has 0 amide bonds. The van der Waals surface area contributed by atoms with Gasteiger partial charge in [-0.15, -0.1) is 0 Å². The molecule has 0 N–H and O–H groups in total. The number of hydrogen-bond acceptors (Lipinski definition) is 3. The zero-order valence-electron chi connectivity index (χ0n) is 10.7. The standard InChI is InChI=1S/C15H10F3NO2/c16-15(17,18)9-21-11-4-1-3-10(7-11)12-8-20-13-5-2-6-19-14(12)13/h1-8H,9H2. The molecule has 0 aliphatic carbocycles.